The van der Waals surface area contributed by atoms with Crippen LogP contribution >= 0.6 is 11.6 Å². The van der Waals surface area contributed by atoms with Crippen LogP contribution in [0, 0.1) is 0 Å². The summed E-state index contributed by atoms with van der Waals surface area (Å²) in [6.07, 6.45) is 3.39. The van der Waals surface area contributed by atoms with Gasteiger partial charge < -0.3 is 0 Å². The summed E-state index contributed by atoms with van der Waals surface area (Å²) in [6, 6.07) is -0.0891. The van der Waals surface area contributed by atoms with Gasteiger partial charge in [-0.25, -0.2) is 4.79 Å². The molecule has 0 bridgehead atoms. The fourth-order valence-corrected chi connectivity index (χ4v) is 2.19. The van der Waals surface area contributed by atoms with Crippen LogP contribution in [0.25, 0.3) is 0 Å². The number of halogens is 1. The SMILES string of the molecule is CCCCC(C)n1c(=O)[nH]c(Cl)c(CC)c1=O. The normalized spacial score (nSPS) is 12.7. The molecule has 0 aliphatic carbocycles. The summed E-state index contributed by atoms with van der Waals surface area (Å²) in [5, 5.41) is 0.168. The molecule has 1 rings (SSSR count). The van der Waals surface area contributed by atoms with E-state index >= 15 is 0 Å². The molecule has 1 aromatic rings. The van der Waals surface area contributed by atoms with E-state index in [0.717, 1.165) is 19.3 Å². The molecule has 0 aliphatic heterocycles. The van der Waals surface area contributed by atoms with Crippen LogP contribution in [0.4, 0.5) is 0 Å². The first kappa shape index (κ1) is 14.0. The van der Waals surface area contributed by atoms with Crippen molar-refractivity contribution in [3.63, 3.8) is 0 Å². The van der Waals surface area contributed by atoms with E-state index < -0.39 is 5.69 Å². The quantitative estimate of drug-likeness (QED) is 0.825. The monoisotopic (exact) mass is 258 g/mol. The lowest BCUT2D eigenvalue weighted by Crippen LogP contribution is -2.39. The maximum Gasteiger partial charge on any atom is 0.329 e. The summed E-state index contributed by atoms with van der Waals surface area (Å²) < 4.78 is 1.28. The molecule has 0 fully saturated rings. The Balaban J connectivity index is 3.24. The molecule has 1 N–H and O–H groups in total. The van der Waals surface area contributed by atoms with Crippen molar-refractivity contribution in [2.45, 2.75) is 52.5 Å². The van der Waals surface area contributed by atoms with Gasteiger partial charge in [-0.1, -0.05) is 38.3 Å². The Morgan fingerprint density at radius 3 is 2.53 bits per heavy atom. The van der Waals surface area contributed by atoms with Crippen molar-refractivity contribution >= 4 is 11.6 Å². The second-order valence-corrected chi connectivity index (χ2v) is 4.62. The standard InChI is InChI=1S/C12H19ClN2O2/c1-4-6-7-8(3)15-11(16)9(5-2)10(13)14-12(15)17/h8H,4-7H2,1-3H3,(H,14,17). The third-order valence-electron chi connectivity index (χ3n) is 2.95. The van der Waals surface area contributed by atoms with Gasteiger partial charge in [0.15, 0.2) is 0 Å². The van der Waals surface area contributed by atoms with E-state index in [1.807, 2.05) is 13.8 Å². The predicted octanol–water partition coefficient (Wildman–Crippen LogP) is 2.50. The van der Waals surface area contributed by atoms with Crippen molar-refractivity contribution in [1.29, 1.82) is 0 Å². The minimum Gasteiger partial charge on any atom is -0.297 e. The molecule has 0 aromatic carbocycles. The van der Waals surface area contributed by atoms with Gasteiger partial charge in [0.25, 0.3) is 5.56 Å². The maximum absolute atomic E-state index is 12.1. The van der Waals surface area contributed by atoms with Crippen molar-refractivity contribution < 1.29 is 0 Å². The molecule has 0 radical (unpaired) electrons. The Labute approximate surface area is 106 Å². The lowest BCUT2D eigenvalue weighted by Gasteiger charge is -2.14. The molecule has 1 unspecified atom stereocenters. The molecule has 0 spiro atoms. The highest BCUT2D eigenvalue weighted by molar-refractivity contribution is 6.30. The highest BCUT2D eigenvalue weighted by atomic mass is 35.5. The van der Waals surface area contributed by atoms with Gasteiger partial charge in [0.2, 0.25) is 0 Å². The molecular formula is C12H19ClN2O2. The number of nitrogens with zero attached hydrogens (tertiary/aromatic N) is 1. The molecule has 0 aliphatic rings. The van der Waals surface area contributed by atoms with Crippen molar-refractivity contribution in [2.75, 3.05) is 0 Å². The fourth-order valence-electron chi connectivity index (χ4n) is 1.90. The second-order valence-electron chi connectivity index (χ2n) is 4.24. The van der Waals surface area contributed by atoms with E-state index in [1.165, 1.54) is 4.57 Å². The number of aromatic amines is 1. The van der Waals surface area contributed by atoms with Crippen molar-refractivity contribution in [3.05, 3.63) is 31.6 Å². The molecule has 5 heteroatoms. The highest BCUT2D eigenvalue weighted by Gasteiger charge is 2.15. The van der Waals surface area contributed by atoms with E-state index in [-0.39, 0.29) is 16.8 Å². The van der Waals surface area contributed by atoms with Gasteiger partial charge in [-0.3, -0.25) is 14.3 Å². The van der Waals surface area contributed by atoms with E-state index in [2.05, 4.69) is 11.9 Å². The Hall–Kier alpha value is -1.03. The number of hydrogen-bond donors (Lipinski definition) is 1. The van der Waals surface area contributed by atoms with Crippen LogP contribution in [-0.2, 0) is 6.42 Å². The molecule has 17 heavy (non-hydrogen) atoms. The number of unbranched alkanes of at least 4 members (excludes halogenated alkanes) is 1. The van der Waals surface area contributed by atoms with Gasteiger partial charge in [0, 0.05) is 6.04 Å². The molecular weight excluding hydrogens is 240 g/mol. The van der Waals surface area contributed by atoms with Gasteiger partial charge >= 0.3 is 5.69 Å². The van der Waals surface area contributed by atoms with Gasteiger partial charge in [-0.2, -0.15) is 0 Å². The number of aromatic nitrogens is 2. The maximum atomic E-state index is 12.1. The summed E-state index contributed by atoms with van der Waals surface area (Å²) in [4.78, 5) is 26.4. The molecule has 0 amide bonds. The average Bonchev–Trinajstić information content (AvgIpc) is 2.26. The molecule has 96 valence electrons. The van der Waals surface area contributed by atoms with Crippen molar-refractivity contribution in [3.8, 4) is 0 Å². The van der Waals surface area contributed by atoms with Gasteiger partial charge in [-0.05, 0) is 19.8 Å². The molecule has 1 atom stereocenters. The van der Waals surface area contributed by atoms with Crippen LogP contribution in [0.5, 0.6) is 0 Å². The smallest absolute Gasteiger partial charge is 0.297 e. The topological polar surface area (TPSA) is 54.9 Å². The largest absolute Gasteiger partial charge is 0.329 e. The van der Waals surface area contributed by atoms with E-state index in [4.69, 9.17) is 11.6 Å². The zero-order valence-corrected chi connectivity index (χ0v) is 11.3. The van der Waals surface area contributed by atoms with Crippen LogP contribution in [0.15, 0.2) is 9.59 Å². The van der Waals surface area contributed by atoms with Gasteiger partial charge in [0.05, 0.1) is 5.56 Å². The van der Waals surface area contributed by atoms with Crippen molar-refractivity contribution in [2.24, 2.45) is 0 Å². The Kier molecular flexibility index (Phi) is 5.00. The lowest BCUT2D eigenvalue weighted by molar-refractivity contribution is 0.451. The van der Waals surface area contributed by atoms with Crippen LogP contribution in [0.2, 0.25) is 5.15 Å². The minimum absolute atomic E-state index is 0.0891. The lowest BCUT2D eigenvalue weighted by atomic mass is 10.1. The van der Waals surface area contributed by atoms with Gasteiger partial charge in [0.1, 0.15) is 5.15 Å². The third kappa shape index (κ3) is 3.00. The molecule has 4 nitrogen and oxygen atoms in total. The number of nitrogens with one attached hydrogen (secondary N) is 1. The summed E-state index contributed by atoms with van der Waals surface area (Å²) in [5.41, 5.74) is -0.194. The Bertz CT molecular complexity index is 490. The Morgan fingerprint density at radius 2 is 2.00 bits per heavy atom. The number of rotatable bonds is 5. The first-order chi connectivity index (χ1) is 8.02. The van der Waals surface area contributed by atoms with Crippen LogP contribution in [0.3, 0.4) is 0 Å². The molecule has 1 heterocycles. The van der Waals surface area contributed by atoms with Crippen LogP contribution < -0.4 is 11.2 Å². The fraction of sp³-hybridized carbons (Fsp3) is 0.667. The van der Waals surface area contributed by atoms with Crippen LogP contribution in [0.1, 0.15) is 51.6 Å². The first-order valence-corrected chi connectivity index (χ1v) is 6.43. The van der Waals surface area contributed by atoms with E-state index in [1.54, 1.807) is 0 Å². The molecule has 1 aromatic heterocycles. The van der Waals surface area contributed by atoms with E-state index in [9.17, 15) is 9.59 Å². The number of H-pyrrole nitrogens is 1. The number of hydrogen-bond acceptors (Lipinski definition) is 2. The Morgan fingerprint density at radius 1 is 1.35 bits per heavy atom. The second kappa shape index (κ2) is 6.05. The summed E-state index contributed by atoms with van der Waals surface area (Å²) in [7, 11) is 0. The van der Waals surface area contributed by atoms with Crippen molar-refractivity contribution in [1.82, 2.24) is 9.55 Å². The molecule has 0 saturated carbocycles. The first-order valence-electron chi connectivity index (χ1n) is 6.06. The summed E-state index contributed by atoms with van der Waals surface area (Å²) in [6.45, 7) is 5.82. The summed E-state index contributed by atoms with van der Waals surface area (Å²) >= 11 is 5.85. The van der Waals surface area contributed by atoms with Gasteiger partial charge in [-0.15, -0.1) is 0 Å². The highest BCUT2D eigenvalue weighted by Crippen LogP contribution is 2.12. The average molecular weight is 259 g/mol. The third-order valence-corrected chi connectivity index (χ3v) is 3.27. The van der Waals surface area contributed by atoms with E-state index in [0.29, 0.717) is 12.0 Å². The molecule has 0 saturated heterocycles. The zero-order valence-electron chi connectivity index (χ0n) is 10.5. The van der Waals surface area contributed by atoms with Crippen LogP contribution in [-0.4, -0.2) is 9.55 Å². The summed E-state index contributed by atoms with van der Waals surface area (Å²) in [5.74, 6) is 0. The zero-order chi connectivity index (χ0) is 13.0. The predicted molar refractivity (Wildman–Crippen MR) is 69.9 cm³/mol. The minimum atomic E-state index is -0.416.